The van der Waals surface area contributed by atoms with Crippen molar-refractivity contribution in [1.82, 2.24) is 14.8 Å². The first-order valence-electron chi connectivity index (χ1n) is 5.41. The number of nitrogens with one attached hydrogen (secondary N) is 1. The van der Waals surface area contributed by atoms with Crippen molar-refractivity contribution in [3.05, 3.63) is 29.7 Å². The lowest BCUT2D eigenvalue weighted by Gasteiger charge is -2.06. The highest BCUT2D eigenvalue weighted by atomic mass is 19.4. The first-order valence-corrected chi connectivity index (χ1v) is 5.41. The van der Waals surface area contributed by atoms with E-state index in [4.69, 9.17) is 5.73 Å². The number of aryl methyl sites for hydroxylation is 1. The van der Waals surface area contributed by atoms with Crippen molar-refractivity contribution in [3.8, 4) is 11.3 Å². The second-order valence-electron chi connectivity index (χ2n) is 3.94. The number of aromatic amines is 1. The third kappa shape index (κ3) is 2.13. The molecular formula is C11H13F3N4. The molecule has 7 heteroatoms. The van der Waals surface area contributed by atoms with Crippen LogP contribution in [0, 0.1) is 0 Å². The minimum atomic E-state index is -4.46. The molecule has 4 nitrogen and oxygen atoms in total. The SMILES string of the molecule is Cn1nc(C(F)(F)F)c(CCN)c1-c1cc[nH]c1. The molecule has 2 aromatic heterocycles. The predicted molar refractivity (Wildman–Crippen MR) is 60.8 cm³/mol. The van der Waals surface area contributed by atoms with Crippen LogP contribution in [-0.4, -0.2) is 21.3 Å². The van der Waals surface area contributed by atoms with E-state index < -0.39 is 11.9 Å². The van der Waals surface area contributed by atoms with E-state index in [1.807, 2.05) is 0 Å². The Balaban J connectivity index is 2.62. The Morgan fingerprint density at radius 2 is 2.17 bits per heavy atom. The molecule has 0 saturated carbocycles. The smallest absolute Gasteiger partial charge is 0.367 e. The zero-order chi connectivity index (χ0) is 13.3. The number of halogens is 3. The maximum absolute atomic E-state index is 12.9. The normalized spacial score (nSPS) is 12.1. The summed E-state index contributed by atoms with van der Waals surface area (Å²) in [6.07, 6.45) is -1.03. The predicted octanol–water partition coefficient (Wildman–Crippen LogP) is 1.94. The van der Waals surface area contributed by atoms with Crippen LogP contribution in [0.25, 0.3) is 11.3 Å². The van der Waals surface area contributed by atoms with E-state index in [9.17, 15) is 13.2 Å². The van der Waals surface area contributed by atoms with Crippen molar-refractivity contribution in [3.63, 3.8) is 0 Å². The van der Waals surface area contributed by atoms with Crippen LogP contribution in [-0.2, 0) is 19.6 Å². The highest BCUT2D eigenvalue weighted by Crippen LogP contribution is 2.36. The molecule has 3 N–H and O–H groups in total. The standard InChI is InChI=1S/C11H13F3N4/c1-18-9(7-3-5-16-6-7)8(2-4-15)10(17-18)11(12,13)14/h3,5-6,16H,2,4,15H2,1H3. The lowest BCUT2D eigenvalue weighted by atomic mass is 10.0. The van der Waals surface area contributed by atoms with Gasteiger partial charge in [0.05, 0.1) is 5.69 Å². The minimum Gasteiger partial charge on any atom is -0.367 e. The lowest BCUT2D eigenvalue weighted by molar-refractivity contribution is -0.142. The molecule has 98 valence electrons. The number of aromatic nitrogens is 3. The molecule has 0 fully saturated rings. The van der Waals surface area contributed by atoms with Crippen molar-refractivity contribution < 1.29 is 13.2 Å². The van der Waals surface area contributed by atoms with E-state index in [2.05, 4.69) is 10.1 Å². The number of H-pyrrole nitrogens is 1. The Kier molecular flexibility index (Phi) is 3.16. The maximum Gasteiger partial charge on any atom is 0.435 e. The van der Waals surface area contributed by atoms with Crippen LogP contribution in [0.5, 0.6) is 0 Å². The molecule has 0 atom stereocenters. The summed E-state index contributed by atoms with van der Waals surface area (Å²) in [7, 11) is 1.50. The van der Waals surface area contributed by atoms with Gasteiger partial charge in [-0.1, -0.05) is 0 Å². The van der Waals surface area contributed by atoms with Gasteiger partial charge >= 0.3 is 6.18 Å². The fourth-order valence-corrected chi connectivity index (χ4v) is 2.01. The van der Waals surface area contributed by atoms with E-state index in [-0.39, 0.29) is 18.5 Å². The monoisotopic (exact) mass is 258 g/mol. The van der Waals surface area contributed by atoms with E-state index in [0.29, 0.717) is 11.3 Å². The van der Waals surface area contributed by atoms with Crippen LogP contribution in [0.15, 0.2) is 18.5 Å². The van der Waals surface area contributed by atoms with E-state index >= 15 is 0 Å². The number of hydrogen-bond acceptors (Lipinski definition) is 2. The second-order valence-corrected chi connectivity index (χ2v) is 3.94. The van der Waals surface area contributed by atoms with Gasteiger partial charge < -0.3 is 10.7 Å². The summed E-state index contributed by atoms with van der Waals surface area (Å²) in [5, 5.41) is 3.58. The van der Waals surface area contributed by atoms with Crippen LogP contribution < -0.4 is 5.73 Å². The van der Waals surface area contributed by atoms with Gasteiger partial charge in [0.25, 0.3) is 0 Å². The summed E-state index contributed by atoms with van der Waals surface area (Å²) in [4.78, 5) is 2.82. The Hall–Kier alpha value is -1.76. The van der Waals surface area contributed by atoms with Gasteiger partial charge in [-0.2, -0.15) is 18.3 Å². The Labute approximate surface area is 102 Å². The number of rotatable bonds is 3. The van der Waals surface area contributed by atoms with Gasteiger partial charge in [-0.3, -0.25) is 4.68 Å². The highest BCUT2D eigenvalue weighted by molar-refractivity contribution is 5.64. The molecule has 0 unspecified atom stereocenters. The molecule has 2 rings (SSSR count). The number of nitrogens with two attached hydrogens (primary N) is 1. The fourth-order valence-electron chi connectivity index (χ4n) is 2.01. The molecule has 0 bridgehead atoms. The summed E-state index contributed by atoms with van der Waals surface area (Å²) in [6, 6.07) is 1.71. The quantitative estimate of drug-likeness (QED) is 0.883. The summed E-state index contributed by atoms with van der Waals surface area (Å²) in [5.74, 6) is 0. The number of alkyl halides is 3. The van der Waals surface area contributed by atoms with Crippen LogP contribution in [0.4, 0.5) is 13.2 Å². The van der Waals surface area contributed by atoms with E-state index in [1.54, 1.807) is 18.5 Å². The molecule has 0 aromatic carbocycles. The van der Waals surface area contributed by atoms with Gasteiger partial charge in [0.2, 0.25) is 0 Å². The highest BCUT2D eigenvalue weighted by Gasteiger charge is 2.38. The van der Waals surface area contributed by atoms with Crippen molar-refractivity contribution in [1.29, 1.82) is 0 Å². The van der Waals surface area contributed by atoms with Crippen LogP contribution >= 0.6 is 0 Å². The van der Waals surface area contributed by atoms with Gasteiger partial charge in [0.15, 0.2) is 5.69 Å². The zero-order valence-electron chi connectivity index (χ0n) is 9.75. The molecule has 0 aliphatic rings. The summed E-state index contributed by atoms with van der Waals surface area (Å²) in [5.41, 5.74) is 5.81. The fraction of sp³-hybridized carbons (Fsp3) is 0.364. The van der Waals surface area contributed by atoms with Gasteiger partial charge in [0.1, 0.15) is 0 Å². The number of nitrogens with zero attached hydrogens (tertiary/aromatic N) is 2. The Bertz CT molecular complexity index is 525. The molecule has 2 aromatic rings. The van der Waals surface area contributed by atoms with Gasteiger partial charge in [-0.15, -0.1) is 0 Å². The van der Waals surface area contributed by atoms with Crippen molar-refractivity contribution in [2.24, 2.45) is 12.8 Å². The van der Waals surface area contributed by atoms with Crippen LogP contribution in [0.1, 0.15) is 11.3 Å². The van der Waals surface area contributed by atoms with Crippen molar-refractivity contribution in [2.45, 2.75) is 12.6 Å². The topological polar surface area (TPSA) is 59.6 Å². The van der Waals surface area contributed by atoms with E-state index in [0.717, 1.165) is 0 Å². The molecule has 0 amide bonds. The van der Waals surface area contributed by atoms with Gasteiger partial charge in [-0.25, -0.2) is 0 Å². The third-order valence-corrected chi connectivity index (χ3v) is 2.68. The molecule has 0 saturated heterocycles. The minimum absolute atomic E-state index is 0.142. The first-order chi connectivity index (χ1) is 8.45. The molecule has 0 spiro atoms. The number of hydrogen-bond donors (Lipinski definition) is 2. The van der Waals surface area contributed by atoms with Crippen LogP contribution in [0.2, 0.25) is 0 Å². The Morgan fingerprint density at radius 3 is 2.67 bits per heavy atom. The first kappa shape index (κ1) is 12.7. The molecular weight excluding hydrogens is 245 g/mol. The van der Waals surface area contributed by atoms with Crippen LogP contribution in [0.3, 0.4) is 0 Å². The Morgan fingerprint density at radius 1 is 1.44 bits per heavy atom. The second kappa shape index (κ2) is 4.49. The molecule has 0 aliphatic heterocycles. The molecule has 0 radical (unpaired) electrons. The van der Waals surface area contributed by atoms with E-state index in [1.165, 1.54) is 11.7 Å². The largest absolute Gasteiger partial charge is 0.435 e. The van der Waals surface area contributed by atoms with Gasteiger partial charge in [-0.05, 0) is 19.0 Å². The maximum atomic E-state index is 12.9. The summed E-state index contributed by atoms with van der Waals surface area (Å²) in [6.45, 7) is 0.145. The third-order valence-electron chi connectivity index (χ3n) is 2.68. The summed E-state index contributed by atoms with van der Waals surface area (Å²) < 4.78 is 39.9. The summed E-state index contributed by atoms with van der Waals surface area (Å²) >= 11 is 0. The van der Waals surface area contributed by atoms with Crippen molar-refractivity contribution in [2.75, 3.05) is 6.54 Å². The average molecular weight is 258 g/mol. The van der Waals surface area contributed by atoms with Gasteiger partial charge in [0, 0.05) is 30.6 Å². The average Bonchev–Trinajstić information content (AvgIpc) is 2.85. The van der Waals surface area contributed by atoms with Crippen molar-refractivity contribution >= 4 is 0 Å². The zero-order valence-corrected chi connectivity index (χ0v) is 9.75. The molecule has 18 heavy (non-hydrogen) atoms. The molecule has 2 heterocycles. The molecule has 0 aliphatic carbocycles. The lowest BCUT2D eigenvalue weighted by Crippen LogP contribution is -2.12.